The van der Waals surface area contributed by atoms with Crippen molar-refractivity contribution in [2.45, 2.75) is 102 Å². The van der Waals surface area contributed by atoms with Crippen molar-refractivity contribution in [3.8, 4) is 0 Å². The molecule has 0 spiro atoms. The molecule has 4 aliphatic rings. The zero-order valence-corrected chi connectivity index (χ0v) is 38.5. The summed E-state index contributed by atoms with van der Waals surface area (Å²) in [5, 5.41) is 52.6. The van der Waals surface area contributed by atoms with Crippen molar-refractivity contribution < 1.29 is 139 Å². The maximum Gasteiger partial charge on any atom is 2.00 e. The van der Waals surface area contributed by atoms with Crippen LogP contribution in [0.3, 0.4) is 0 Å². The number of carboxylic acid groups (broad SMARTS) is 6. The molecule has 0 aromatic heterocycles. The third kappa shape index (κ3) is 29.2. The van der Waals surface area contributed by atoms with E-state index in [1.807, 2.05) is 0 Å². The minimum absolute atomic E-state index is 0. The van der Waals surface area contributed by atoms with Gasteiger partial charge in [-0.2, -0.15) is 12.1 Å². The van der Waals surface area contributed by atoms with Crippen molar-refractivity contribution in [2.75, 3.05) is 13.1 Å². The molecule has 1 saturated heterocycles. The summed E-state index contributed by atoms with van der Waals surface area (Å²) in [4.78, 5) is 60.3. The van der Waals surface area contributed by atoms with Gasteiger partial charge in [-0.05, 0) is 57.9 Å². The molecule has 3 saturated carbocycles. The number of aliphatic carboxylic acids is 6. The molecule has 0 radical (unpaired) electrons. The maximum absolute atomic E-state index is 10.4. The molecule has 1 heterocycles. The summed E-state index contributed by atoms with van der Waals surface area (Å²) in [6, 6.07) is 0.465. The standard InChI is InChI=1S/C6H12N2.2C6H8O4.C5H12N2.C3H4O4.2ClH.4H2N.4Pt/c7-5-3-1-2-4-6(5)8;2*7-4(8)6(5(9)10)2-1-3-6;6-4-5-2-1-3-7-5;4-2(5)1-3(6)7;;;;;;;;;;/h5-8H,1-4H2;2*1-3H2,(H,7,8)(H,9,10);5,7H,1-4,6H2;1H2,(H,4,5)(H,6,7);2*1H;4*1H2;;;;/q-2;;;;;;;4*-1;3*+2;+4/p-2/t5-,6?;;;5-;;;;;;;;;;;/m0..0.........../s1. The van der Waals surface area contributed by atoms with Crippen molar-refractivity contribution >= 4 is 54.7 Å². The summed E-state index contributed by atoms with van der Waals surface area (Å²) in [5.41, 5.74) is 17.1. The van der Waals surface area contributed by atoms with E-state index >= 15 is 0 Å². The Morgan fingerprint density at radius 1 is 0.615 bits per heavy atom. The van der Waals surface area contributed by atoms with Crippen molar-refractivity contribution in [3.05, 3.63) is 36.1 Å². The number of carboxylic acids is 6. The predicted octanol–water partition coefficient (Wildman–Crippen LogP) is 6.53. The minimum Gasteiger partial charge on any atom is -0.693 e. The third-order valence-electron chi connectivity index (χ3n) is 7.57. The monoisotopic (exact) mass is 1520 g/mol. The molecular weight excluding hydrogens is 1470 g/mol. The van der Waals surface area contributed by atoms with Crippen LogP contribution in [-0.4, -0.2) is 97.7 Å². The molecule has 19 N–H and O–H groups in total. The van der Waals surface area contributed by atoms with Gasteiger partial charge in [0.15, 0.2) is 10.8 Å². The van der Waals surface area contributed by atoms with Crippen LogP contribution in [0.15, 0.2) is 0 Å². The van der Waals surface area contributed by atoms with Crippen LogP contribution in [0.2, 0.25) is 0 Å². The van der Waals surface area contributed by atoms with Crippen LogP contribution in [0, 0.1) is 10.8 Å². The number of carbonyl (C=O) groups is 6. The summed E-state index contributed by atoms with van der Waals surface area (Å²) in [7, 11) is 9.75. The number of halogens is 2. The van der Waals surface area contributed by atoms with Gasteiger partial charge in [-0.25, -0.2) is 0 Å². The van der Waals surface area contributed by atoms with E-state index in [9.17, 15) is 28.8 Å². The van der Waals surface area contributed by atoms with E-state index in [0.717, 1.165) is 19.4 Å². The fourth-order valence-corrected chi connectivity index (χ4v) is 4.32. The number of nitrogens with one attached hydrogen (secondary N) is 3. The van der Waals surface area contributed by atoms with E-state index < -0.39 is 69.5 Å². The molecule has 26 heteroatoms. The first-order valence-corrected chi connectivity index (χ1v) is 19.7. The molecule has 0 aromatic carbocycles. The number of hydrogen-bond acceptors (Lipinski definition) is 8. The summed E-state index contributed by atoms with van der Waals surface area (Å²) < 4.78 is 0. The van der Waals surface area contributed by atoms with Crippen molar-refractivity contribution in [3.63, 3.8) is 0 Å². The molecule has 3 atom stereocenters. The molecule has 0 bridgehead atoms. The van der Waals surface area contributed by atoms with Gasteiger partial charge < -0.3 is 77.8 Å². The summed E-state index contributed by atoms with van der Waals surface area (Å²) in [5.74, 6) is -7.44. The second-order valence-electron chi connectivity index (χ2n) is 10.6. The minimum atomic E-state index is -1.44. The van der Waals surface area contributed by atoms with Crippen LogP contribution in [-0.2, 0) is 108 Å². The topological polar surface area (TPSA) is 443 Å². The van der Waals surface area contributed by atoms with Crippen LogP contribution < -0.4 is 11.1 Å². The zero-order chi connectivity index (χ0) is 35.2. The van der Waals surface area contributed by atoms with Crippen LogP contribution in [0.5, 0.6) is 0 Å². The van der Waals surface area contributed by atoms with E-state index in [-0.39, 0.29) is 126 Å². The first-order chi connectivity index (χ1) is 21.0. The Balaban J connectivity index is -0.0000000607. The predicted molar refractivity (Wildman–Crippen MR) is 181 cm³/mol. The largest absolute Gasteiger partial charge is 2.00 e. The molecular formula is C26H52Cl2N8O12Pt4+2. The number of nitrogens with two attached hydrogens (primary N) is 5. The van der Waals surface area contributed by atoms with Crippen LogP contribution >= 0.6 is 18.8 Å². The molecule has 320 valence electrons. The number of hydrogen-bond donors (Lipinski definition) is 8. The second-order valence-corrected chi connectivity index (χ2v) is 13.9. The molecule has 1 unspecified atom stereocenters. The molecule has 20 nitrogen and oxygen atoms in total. The first kappa shape index (κ1) is 73.0. The van der Waals surface area contributed by atoms with Crippen LogP contribution in [0.4, 0.5) is 0 Å². The van der Waals surface area contributed by atoms with Gasteiger partial charge in [0.25, 0.3) is 0 Å². The molecule has 52 heavy (non-hydrogen) atoms. The summed E-state index contributed by atoms with van der Waals surface area (Å²) in [6.45, 7) is 1.97. The van der Waals surface area contributed by atoms with E-state index in [0.29, 0.717) is 18.9 Å². The van der Waals surface area contributed by atoms with Gasteiger partial charge in [0.05, 0.1) is 0 Å². The third-order valence-corrected chi connectivity index (χ3v) is 7.57. The Morgan fingerprint density at radius 2 is 0.904 bits per heavy atom. The number of rotatable bonds is 7. The normalized spacial score (nSPS) is 20.0. The summed E-state index contributed by atoms with van der Waals surface area (Å²) >= 11 is -0.472. The molecule has 0 aromatic rings. The van der Waals surface area contributed by atoms with Gasteiger partial charge in [-0.3, -0.25) is 28.8 Å². The average Bonchev–Trinajstić information content (AvgIpc) is 3.39. The van der Waals surface area contributed by atoms with Gasteiger partial charge in [-0.1, -0.05) is 25.7 Å². The van der Waals surface area contributed by atoms with Crippen molar-refractivity contribution in [1.29, 1.82) is 0 Å². The van der Waals surface area contributed by atoms with Gasteiger partial charge in [0, 0.05) is 12.6 Å². The zero-order valence-electron chi connectivity index (χ0n) is 27.9. The van der Waals surface area contributed by atoms with E-state index in [1.54, 1.807) is 0 Å². The molecule has 0 amide bonds. The Kier molecular flexibility index (Phi) is 56.9. The molecule has 1 aliphatic heterocycles. The van der Waals surface area contributed by atoms with Crippen molar-refractivity contribution in [1.82, 2.24) is 5.32 Å². The smallest absolute Gasteiger partial charge is 0.693 e. The van der Waals surface area contributed by atoms with Gasteiger partial charge >= 0.3 is 134 Å². The SMILES string of the molecule is NC[C@@H]1CCCN1.O=C(O)C1(C(=O)O)CCC1.O=C(O)C1(C(=O)O)CCC1.O=C(O)CC(=O)O.[Cl][Pt+2][Cl].[NH-]C1CCCC[C@@H]1[NH-].[NH2-].[NH2-].[NH2-].[NH2-].[Pt+2].[Pt+2].[Pt+2]. The van der Waals surface area contributed by atoms with E-state index in [1.165, 1.54) is 32.2 Å². The first-order valence-electron chi connectivity index (χ1n) is 14.0. The van der Waals surface area contributed by atoms with Crippen LogP contribution in [0.1, 0.15) is 83.5 Å². The van der Waals surface area contributed by atoms with Crippen LogP contribution in [0.25, 0.3) is 36.1 Å². The Bertz CT molecular complexity index is 878. The van der Waals surface area contributed by atoms with Gasteiger partial charge in [0.2, 0.25) is 0 Å². The fourth-order valence-electron chi connectivity index (χ4n) is 4.32. The molecule has 4 fully saturated rings. The second kappa shape index (κ2) is 40.5. The van der Waals surface area contributed by atoms with E-state index in [4.69, 9.17) is 66.7 Å². The van der Waals surface area contributed by atoms with Gasteiger partial charge in [-0.15, -0.1) is 0 Å². The Hall–Kier alpha value is -0.167. The summed E-state index contributed by atoms with van der Waals surface area (Å²) in [6.07, 6.45) is 8.54. The molecule has 4 rings (SSSR count). The average molecular weight is 1520 g/mol. The molecule has 3 aliphatic carbocycles. The van der Waals surface area contributed by atoms with Gasteiger partial charge in [0.1, 0.15) is 6.42 Å². The van der Waals surface area contributed by atoms with E-state index in [2.05, 4.69) is 5.32 Å². The van der Waals surface area contributed by atoms with Crippen molar-refractivity contribution in [2.24, 2.45) is 16.6 Å². The Morgan fingerprint density at radius 3 is 0.981 bits per heavy atom. The fraction of sp³-hybridized carbons (Fsp3) is 0.769. The Labute approximate surface area is 363 Å². The maximum atomic E-state index is 10.4. The quantitative estimate of drug-likeness (QED) is 0.126.